The quantitative estimate of drug-likeness (QED) is 0.242. The number of phenols is 1. The molecule has 0 fully saturated rings. The minimum atomic E-state index is -0.385. The average Bonchev–Trinajstić information content (AvgIpc) is 3.41. The van der Waals surface area contributed by atoms with Crippen molar-refractivity contribution in [2.75, 3.05) is 19.7 Å². The number of aryl methyl sites for hydroxylation is 2. The second-order valence-corrected chi connectivity index (χ2v) is 11.7. The lowest BCUT2D eigenvalue weighted by Crippen LogP contribution is -2.40. The van der Waals surface area contributed by atoms with Crippen molar-refractivity contribution in [1.82, 2.24) is 20.0 Å². The van der Waals surface area contributed by atoms with Gasteiger partial charge in [-0.15, -0.1) is 0 Å². The highest BCUT2D eigenvalue weighted by atomic mass is 16.5. The van der Waals surface area contributed by atoms with E-state index in [1.807, 2.05) is 96.2 Å². The largest absolute Gasteiger partial charge is 0.507 e. The normalized spacial score (nSPS) is 16.1. The third-order valence-electron chi connectivity index (χ3n) is 8.49. The van der Waals surface area contributed by atoms with Gasteiger partial charge in [-0.3, -0.25) is 9.59 Å². The van der Waals surface area contributed by atoms with Crippen LogP contribution in [0.15, 0.2) is 91.0 Å². The second-order valence-electron chi connectivity index (χ2n) is 11.7. The average molecular weight is 615 g/mol. The first-order valence-corrected chi connectivity index (χ1v) is 15.4. The molecule has 9 heteroatoms. The Morgan fingerprint density at radius 1 is 0.913 bits per heavy atom. The first-order valence-electron chi connectivity index (χ1n) is 15.4. The third-order valence-corrected chi connectivity index (χ3v) is 8.49. The maximum absolute atomic E-state index is 14.2. The predicted molar refractivity (Wildman–Crippen MR) is 173 cm³/mol. The number of hydrogen-bond donors (Lipinski definition) is 2. The van der Waals surface area contributed by atoms with Gasteiger partial charge in [-0.25, -0.2) is 4.68 Å². The summed E-state index contributed by atoms with van der Waals surface area (Å²) in [6, 6.07) is 27.7. The molecule has 1 atom stereocenters. The molecule has 232 valence electrons. The van der Waals surface area contributed by atoms with Gasteiger partial charge in [0, 0.05) is 24.3 Å². The summed E-state index contributed by atoms with van der Waals surface area (Å²) in [5, 5.41) is 17.7. The molecule has 0 radical (unpaired) electrons. The van der Waals surface area contributed by atoms with Gasteiger partial charge in [0.2, 0.25) is 0 Å². The van der Waals surface area contributed by atoms with E-state index in [1.165, 1.54) is 12.1 Å². The van der Waals surface area contributed by atoms with Crippen molar-refractivity contribution >= 4 is 11.8 Å². The van der Waals surface area contributed by atoms with Gasteiger partial charge < -0.3 is 24.8 Å². The summed E-state index contributed by atoms with van der Waals surface area (Å²) in [4.78, 5) is 28.9. The number of nitrogens with one attached hydrogen (secondary N) is 1. The van der Waals surface area contributed by atoms with Crippen LogP contribution in [0.25, 0.3) is 5.69 Å². The monoisotopic (exact) mass is 614 g/mol. The standard InChI is InChI=1S/C37H34N4O5/c1-23-20-24(2)41(39-23)28-8-4-26(5-9-28)37(44)40-18-16-27-21-30-12-14-32(27)35(40)25-6-10-29(11-7-25)45-19-3-17-38-36(43)33-22-31(46-30)13-15-34(33)42/h4-15,20-22,35,42H,3,16-19H2,1-2H3,(H,38,43). The number of aromatic hydroxyl groups is 1. The van der Waals surface area contributed by atoms with Gasteiger partial charge in [-0.1, -0.05) is 18.2 Å². The number of aromatic nitrogens is 2. The summed E-state index contributed by atoms with van der Waals surface area (Å²) in [6.45, 7) is 5.28. The maximum Gasteiger partial charge on any atom is 0.255 e. The van der Waals surface area contributed by atoms with Gasteiger partial charge in [0.25, 0.3) is 11.8 Å². The zero-order valence-corrected chi connectivity index (χ0v) is 25.7. The van der Waals surface area contributed by atoms with Crippen LogP contribution in [0.2, 0.25) is 0 Å². The van der Waals surface area contributed by atoms with Crippen molar-refractivity contribution in [2.45, 2.75) is 32.7 Å². The van der Waals surface area contributed by atoms with Gasteiger partial charge in [0.1, 0.15) is 23.0 Å². The molecule has 5 aromatic rings. The summed E-state index contributed by atoms with van der Waals surface area (Å²) in [7, 11) is 0. The number of rotatable bonds is 2. The maximum atomic E-state index is 14.2. The molecule has 0 saturated carbocycles. The van der Waals surface area contributed by atoms with Gasteiger partial charge in [0.05, 0.1) is 29.6 Å². The number of benzene rings is 4. The Kier molecular flexibility index (Phi) is 7.66. The fourth-order valence-corrected chi connectivity index (χ4v) is 6.25. The van der Waals surface area contributed by atoms with E-state index in [9.17, 15) is 14.7 Å². The summed E-state index contributed by atoms with van der Waals surface area (Å²) in [5.74, 6) is 1.19. The lowest BCUT2D eigenvalue weighted by atomic mass is 9.87. The molecule has 0 aliphatic carbocycles. The zero-order chi connectivity index (χ0) is 31.8. The Bertz CT molecular complexity index is 1930. The van der Waals surface area contributed by atoms with E-state index in [0.29, 0.717) is 55.4 Å². The Hall–Kier alpha value is -5.57. The topological polar surface area (TPSA) is 106 Å². The predicted octanol–water partition coefficient (Wildman–Crippen LogP) is 6.29. The molecule has 10 rings (SSSR count). The van der Waals surface area contributed by atoms with Crippen LogP contribution in [0, 0.1) is 13.8 Å². The van der Waals surface area contributed by atoms with Crippen molar-refractivity contribution in [2.24, 2.45) is 0 Å². The van der Waals surface area contributed by atoms with Gasteiger partial charge in [0.15, 0.2) is 0 Å². The molecule has 0 spiro atoms. The Balaban J connectivity index is 1.24. The molecule has 1 unspecified atom stereocenters. The third kappa shape index (κ3) is 5.67. The number of ether oxygens (including phenoxy) is 2. The number of hydrogen-bond acceptors (Lipinski definition) is 6. The number of phenolic OH excluding ortho intramolecular Hbond substituents is 1. The summed E-state index contributed by atoms with van der Waals surface area (Å²) in [5.41, 5.74) is 6.69. The molecule has 5 aliphatic heterocycles. The van der Waals surface area contributed by atoms with E-state index >= 15 is 0 Å². The minimum Gasteiger partial charge on any atom is -0.507 e. The highest BCUT2D eigenvalue weighted by Crippen LogP contribution is 2.39. The molecule has 6 heterocycles. The van der Waals surface area contributed by atoms with Crippen LogP contribution in [0.3, 0.4) is 0 Å². The first-order chi connectivity index (χ1) is 22.3. The fraction of sp³-hybridized carbons (Fsp3) is 0.216. The van der Waals surface area contributed by atoms with Crippen LogP contribution < -0.4 is 14.8 Å². The van der Waals surface area contributed by atoms with Crippen LogP contribution >= 0.6 is 0 Å². The van der Waals surface area contributed by atoms with Crippen molar-refractivity contribution in [3.8, 4) is 28.7 Å². The minimum absolute atomic E-state index is 0.0524. The van der Waals surface area contributed by atoms with Crippen LogP contribution in [-0.4, -0.2) is 51.3 Å². The molecule has 5 aliphatic rings. The number of nitrogens with zero attached hydrogens (tertiary/aromatic N) is 3. The fourth-order valence-electron chi connectivity index (χ4n) is 6.25. The Morgan fingerprint density at radius 2 is 1.65 bits per heavy atom. The number of carbonyl (C=O) groups is 2. The van der Waals surface area contributed by atoms with Crippen molar-refractivity contribution in [3.63, 3.8) is 0 Å². The zero-order valence-electron chi connectivity index (χ0n) is 25.7. The van der Waals surface area contributed by atoms with E-state index < -0.39 is 0 Å². The van der Waals surface area contributed by atoms with Crippen LogP contribution in [0.1, 0.15) is 61.3 Å². The van der Waals surface area contributed by atoms with Gasteiger partial charge in [-0.05, 0) is 116 Å². The highest BCUT2D eigenvalue weighted by molar-refractivity contribution is 5.97. The molecule has 1 aromatic heterocycles. The van der Waals surface area contributed by atoms with Crippen molar-refractivity contribution in [1.29, 1.82) is 0 Å². The van der Waals surface area contributed by atoms with E-state index in [4.69, 9.17) is 9.47 Å². The Morgan fingerprint density at radius 3 is 2.41 bits per heavy atom. The molecule has 2 N–H and O–H groups in total. The SMILES string of the molecule is Cc1cc(C)n(-c2ccc(C(=O)N3CCc4cc5ccc4C3c3ccc(cc3)OCCCNC(=O)c3cc(ccc3O)O5)cc2)n1. The Labute approximate surface area is 267 Å². The van der Waals surface area contributed by atoms with E-state index in [2.05, 4.69) is 10.4 Å². The number of carbonyl (C=O) groups excluding carboxylic acids is 2. The second kappa shape index (κ2) is 12.1. The summed E-state index contributed by atoms with van der Waals surface area (Å²) >= 11 is 0. The van der Waals surface area contributed by atoms with E-state index in [1.54, 1.807) is 6.07 Å². The van der Waals surface area contributed by atoms with E-state index in [-0.39, 0.29) is 29.2 Å². The molecule has 2 amide bonds. The summed E-state index contributed by atoms with van der Waals surface area (Å²) in [6.07, 6.45) is 1.23. The van der Waals surface area contributed by atoms with Gasteiger partial charge in [-0.2, -0.15) is 5.10 Å². The van der Waals surface area contributed by atoms with Crippen molar-refractivity contribution in [3.05, 3.63) is 130 Å². The molecule has 0 saturated heterocycles. The van der Waals surface area contributed by atoms with E-state index in [0.717, 1.165) is 33.8 Å². The lowest BCUT2D eigenvalue weighted by Gasteiger charge is -2.38. The van der Waals surface area contributed by atoms with Crippen LogP contribution in [0.5, 0.6) is 23.0 Å². The molecule has 9 nitrogen and oxygen atoms in total. The van der Waals surface area contributed by atoms with Crippen molar-refractivity contribution < 1.29 is 24.2 Å². The van der Waals surface area contributed by atoms with Crippen LogP contribution in [-0.2, 0) is 6.42 Å². The lowest BCUT2D eigenvalue weighted by molar-refractivity contribution is 0.0694. The molecular formula is C37H34N4O5. The number of amides is 2. The molecular weight excluding hydrogens is 580 g/mol. The van der Waals surface area contributed by atoms with Crippen LogP contribution in [0.4, 0.5) is 0 Å². The highest BCUT2D eigenvalue weighted by Gasteiger charge is 2.33. The molecule has 4 aromatic carbocycles. The molecule has 46 heavy (non-hydrogen) atoms. The van der Waals surface area contributed by atoms with Gasteiger partial charge >= 0.3 is 0 Å². The smallest absolute Gasteiger partial charge is 0.255 e. The summed E-state index contributed by atoms with van der Waals surface area (Å²) < 4.78 is 14.0. The molecule has 8 bridgehead atoms. The first kappa shape index (κ1) is 29.2.